The number of ketones is 1. The number of methoxy groups -OCH3 is 1. The Hall–Kier alpha value is -0.710. The first-order chi connectivity index (χ1) is 11.5. The van der Waals surface area contributed by atoms with Gasteiger partial charge >= 0.3 is 0 Å². The van der Waals surface area contributed by atoms with Crippen molar-refractivity contribution in [1.29, 1.82) is 0 Å². The molecule has 136 valence electrons. The molecular weight excluding hydrogens is 304 g/mol. The van der Waals surface area contributed by atoms with E-state index in [9.17, 15) is 15.0 Å². The second kappa shape index (κ2) is 7.27. The molecule has 0 spiro atoms. The van der Waals surface area contributed by atoms with Gasteiger partial charge in [0.05, 0.1) is 12.2 Å². The van der Waals surface area contributed by atoms with E-state index in [0.29, 0.717) is 18.8 Å². The van der Waals surface area contributed by atoms with Crippen molar-refractivity contribution < 1.29 is 19.7 Å². The predicted octanol–water partition coefficient (Wildman–Crippen LogP) is 2.87. The van der Waals surface area contributed by atoms with Crippen molar-refractivity contribution in [1.82, 2.24) is 0 Å². The average molecular weight is 336 g/mol. The number of aliphatic hydroxyl groups excluding tert-OH is 2. The highest BCUT2D eigenvalue weighted by molar-refractivity contribution is 5.97. The summed E-state index contributed by atoms with van der Waals surface area (Å²) in [4.78, 5) is 12.5. The van der Waals surface area contributed by atoms with Gasteiger partial charge in [0, 0.05) is 24.9 Å². The Morgan fingerprint density at radius 1 is 1.29 bits per heavy atom. The van der Waals surface area contributed by atoms with E-state index >= 15 is 0 Å². The van der Waals surface area contributed by atoms with Gasteiger partial charge in [-0.05, 0) is 38.0 Å². The highest BCUT2D eigenvalue weighted by Gasteiger charge is 2.66. The number of Topliss-reactive ketones (excluding diaryl/α,β-unsaturated/α-hetero) is 1. The number of carbonyl (C=O) groups is 1. The first-order valence-corrected chi connectivity index (χ1v) is 9.69. The lowest BCUT2D eigenvalue weighted by molar-refractivity contribution is -0.208. The van der Waals surface area contributed by atoms with Crippen LogP contribution in [0.5, 0.6) is 0 Å². The fourth-order valence-corrected chi connectivity index (χ4v) is 5.43. The monoisotopic (exact) mass is 336 g/mol. The smallest absolute Gasteiger partial charge is 0.168 e. The number of aliphatic hydroxyl groups is 2. The molecule has 0 aliphatic heterocycles. The molecular formula is C20H32O4. The van der Waals surface area contributed by atoms with Crippen LogP contribution in [0.3, 0.4) is 0 Å². The maximum Gasteiger partial charge on any atom is 0.168 e. The number of hydrogen-bond acceptors (Lipinski definition) is 4. The lowest BCUT2D eigenvalue weighted by Crippen LogP contribution is -2.69. The third-order valence-corrected chi connectivity index (χ3v) is 6.86. The molecule has 3 saturated carbocycles. The molecule has 0 heterocycles. The predicted molar refractivity (Wildman–Crippen MR) is 92.5 cm³/mol. The lowest BCUT2D eigenvalue weighted by Gasteiger charge is -2.58. The molecule has 4 nitrogen and oxygen atoms in total. The third-order valence-electron chi connectivity index (χ3n) is 6.86. The van der Waals surface area contributed by atoms with Crippen LogP contribution in [0, 0.1) is 23.7 Å². The summed E-state index contributed by atoms with van der Waals surface area (Å²) in [7, 11) is 1.62. The van der Waals surface area contributed by atoms with Gasteiger partial charge in [0.25, 0.3) is 0 Å². The number of carbonyl (C=O) groups excluding carboxylic acids is 1. The van der Waals surface area contributed by atoms with Crippen molar-refractivity contribution in [2.45, 2.75) is 76.1 Å². The Kier molecular flexibility index (Phi) is 5.48. The minimum atomic E-state index is -0.704. The molecule has 0 bridgehead atoms. The third kappa shape index (κ3) is 2.87. The van der Waals surface area contributed by atoms with Crippen LogP contribution < -0.4 is 0 Å². The second-order valence-corrected chi connectivity index (χ2v) is 7.96. The molecule has 3 rings (SSSR count). The minimum absolute atomic E-state index is 0.0265. The van der Waals surface area contributed by atoms with Gasteiger partial charge in [-0.25, -0.2) is 0 Å². The molecule has 3 aliphatic carbocycles. The molecule has 0 aromatic carbocycles. The zero-order valence-electron chi connectivity index (χ0n) is 15.0. The van der Waals surface area contributed by atoms with Crippen molar-refractivity contribution >= 4 is 5.78 Å². The zero-order valence-corrected chi connectivity index (χ0v) is 15.0. The van der Waals surface area contributed by atoms with Gasteiger partial charge in [0.15, 0.2) is 5.78 Å². The molecule has 3 aliphatic rings. The topological polar surface area (TPSA) is 66.8 Å². The van der Waals surface area contributed by atoms with Crippen LogP contribution in [0.25, 0.3) is 0 Å². The maximum absolute atomic E-state index is 12.5. The Labute approximate surface area is 145 Å². The Bertz CT molecular complexity index is 482. The van der Waals surface area contributed by atoms with Crippen molar-refractivity contribution in [2.75, 3.05) is 7.11 Å². The van der Waals surface area contributed by atoms with E-state index in [1.54, 1.807) is 7.11 Å². The molecule has 4 heteroatoms. The highest BCUT2D eigenvalue weighted by Crippen LogP contribution is 2.55. The van der Waals surface area contributed by atoms with Gasteiger partial charge in [0.1, 0.15) is 5.60 Å². The van der Waals surface area contributed by atoms with Gasteiger partial charge in [-0.1, -0.05) is 38.3 Å². The highest BCUT2D eigenvalue weighted by atomic mass is 16.5. The molecule has 0 amide bonds. The summed E-state index contributed by atoms with van der Waals surface area (Å²) in [6.45, 7) is 2.03. The maximum atomic E-state index is 12.5. The fraction of sp³-hybridized carbons (Fsp3) is 0.850. The summed E-state index contributed by atoms with van der Waals surface area (Å²) in [5.41, 5.74) is -0.704. The van der Waals surface area contributed by atoms with E-state index in [1.807, 2.05) is 19.1 Å². The molecule has 0 saturated heterocycles. The first-order valence-electron chi connectivity index (χ1n) is 9.69. The van der Waals surface area contributed by atoms with E-state index in [0.717, 1.165) is 19.3 Å². The van der Waals surface area contributed by atoms with Crippen LogP contribution >= 0.6 is 0 Å². The minimum Gasteiger partial charge on any atom is -0.393 e. The summed E-state index contributed by atoms with van der Waals surface area (Å²) >= 11 is 0. The average Bonchev–Trinajstić information content (AvgIpc) is 2.62. The van der Waals surface area contributed by atoms with Crippen LogP contribution in [0.15, 0.2) is 12.2 Å². The van der Waals surface area contributed by atoms with Gasteiger partial charge in [-0.3, -0.25) is 4.79 Å². The SMILES string of the molecule is CCC1C(=O)[C@]2(OC)CC[C@H](O)[C@@H](C=C[C@@H](O)C3CCCCC3)[C@H]12. The first kappa shape index (κ1) is 18.1. The van der Waals surface area contributed by atoms with E-state index in [1.165, 1.54) is 19.3 Å². The van der Waals surface area contributed by atoms with Crippen molar-refractivity contribution in [3.8, 4) is 0 Å². The van der Waals surface area contributed by atoms with Gasteiger partial charge in [-0.15, -0.1) is 0 Å². The Morgan fingerprint density at radius 3 is 2.62 bits per heavy atom. The quantitative estimate of drug-likeness (QED) is 0.758. The summed E-state index contributed by atoms with van der Waals surface area (Å²) in [6.07, 6.45) is 10.8. The largest absolute Gasteiger partial charge is 0.393 e. The summed E-state index contributed by atoms with van der Waals surface area (Å²) in [6, 6.07) is 0. The molecule has 2 N–H and O–H groups in total. The Morgan fingerprint density at radius 2 is 2.00 bits per heavy atom. The number of rotatable bonds is 5. The van der Waals surface area contributed by atoms with Crippen molar-refractivity contribution in [2.24, 2.45) is 23.7 Å². The van der Waals surface area contributed by atoms with Crippen LogP contribution in [0.1, 0.15) is 58.3 Å². The van der Waals surface area contributed by atoms with Crippen LogP contribution in [-0.2, 0) is 9.53 Å². The molecule has 3 fully saturated rings. The van der Waals surface area contributed by atoms with Gasteiger partial charge in [-0.2, -0.15) is 0 Å². The summed E-state index contributed by atoms with van der Waals surface area (Å²) < 4.78 is 5.67. The zero-order chi connectivity index (χ0) is 17.3. The Balaban J connectivity index is 1.74. The number of fused-ring (bicyclic) bond motifs is 1. The normalized spacial score (nSPS) is 41.9. The van der Waals surface area contributed by atoms with Gasteiger partial charge < -0.3 is 14.9 Å². The van der Waals surface area contributed by atoms with Crippen molar-refractivity contribution in [3.63, 3.8) is 0 Å². The van der Waals surface area contributed by atoms with E-state index in [-0.39, 0.29) is 23.5 Å². The molecule has 24 heavy (non-hydrogen) atoms. The van der Waals surface area contributed by atoms with Crippen molar-refractivity contribution in [3.05, 3.63) is 12.2 Å². The molecule has 0 aromatic rings. The summed E-state index contributed by atoms with van der Waals surface area (Å²) in [5, 5.41) is 21.0. The number of hydrogen-bond donors (Lipinski definition) is 2. The van der Waals surface area contributed by atoms with E-state index < -0.39 is 17.8 Å². The van der Waals surface area contributed by atoms with Crippen LogP contribution in [0.4, 0.5) is 0 Å². The second-order valence-electron chi connectivity index (χ2n) is 7.96. The number of ether oxygens (including phenoxy) is 1. The fourth-order valence-electron chi connectivity index (χ4n) is 5.43. The molecule has 6 atom stereocenters. The van der Waals surface area contributed by atoms with E-state index in [4.69, 9.17) is 4.74 Å². The molecule has 0 aromatic heterocycles. The van der Waals surface area contributed by atoms with Crippen LogP contribution in [-0.4, -0.2) is 40.9 Å². The molecule has 1 unspecified atom stereocenters. The standard InChI is InChI=1S/C20H32O4/c1-3-14-18-15(9-10-16(21)13-7-5-4-6-8-13)17(22)11-12-20(18,24-2)19(14)23/h9-10,13-18,21-22H,3-8,11-12H2,1-2H3/t14?,15-,16-,17+,18+,20+/m1/s1. The van der Waals surface area contributed by atoms with Gasteiger partial charge in [0.2, 0.25) is 0 Å². The summed E-state index contributed by atoms with van der Waals surface area (Å²) in [5.74, 6) is 0.461. The lowest BCUT2D eigenvalue weighted by atomic mass is 9.49. The molecule has 0 radical (unpaired) electrons. The van der Waals surface area contributed by atoms with E-state index in [2.05, 4.69) is 0 Å². The van der Waals surface area contributed by atoms with Crippen LogP contribution in [0.2, 0.25) is 0 Å².